The Morgan fingerprint density at radius 1 is 1.58 bits per heavy atom. The fraction of sp³-hybridized carbons (Fsp3) is 0.462. The summed E-state index contributed by atoms with van der Waals surface area (Å²) < 4.78 is 0. The molecule has 1 saturated heterocycles. The summed E-state index contributed by atoms with van der Waals surface area (Å²) in [6, 6.07) is 5.78. The van der Waals surface area contributed by atoms with E-state index in [0.717, 1.165) is 5.82 Å². The molecule has 1 amide bonds. The van der Waals surface area contributed by atoms with Gasteiger partial charge in [0, 0.05) is 32.3 Å². The van der Waals surface area contributed by atoms with Crippen molar-refractivity contribution in [3.8, 4) is 6.07 Å². The lowest BCUT2D eigenvalue weighted by Gasteiger charge is -2.39. The monoisotopic (exact) mass is 259 g/mol. The van der Waals surface area contributed by atoms with Crippen molar-refractivity contribution in [2.24, 2.45) is 0 Å². The molecule has 6 heteroatoms. The number of likely N-dealkylation sites (tertiary alicyclic amines) is 1. The molecule has 2 heterocycles. The molecule has 1 aliphatic heterocycles. The summed E-state index contributed by atoms with van der Waals surface area (Å²) in [5.74, 6) is 0.923. The first-order chi connectivity index (χ1) is 9.22. The van der Waals surface area contributed by atoms with Gasteiger partial charge in [0.15, 0.2) is 0 Å². The molecule has 2 rings (SSSR count). The number of pyridine rings is 1. The number of carbonyl (C=O) groups excluding carboxylic acids is 1. The van der Waals surface area contributed by atoms with Crippen molar-refractivity contribution in [2.75, 3.05) is 32.0 Å². The van der Waals surface area contributed by atoms with Gasteiger partial charge in [-0.05, 0) is 19.2 Å². The van der Waals surface area contributed by atoms with E-state index in [1.165, 1.54) is 6.20 Å². The normalized spacial score (nSPS) is 14.6. The molecular weight excluding hydrogens is 242 g/mol. The van der Waals surface area contributed by atoms with Crippen LogP contribution >= 0.6 is 0 Å². The number of hydrogen-bond acceptors (Lipinski definition) is 5. The Morgan fingerprint density at radius 2 is 2.37 bits per heavy atom. The third-order valence-corrected chi connectivity index (χ3v) is 3.07. The Hall–Kier alpha value is -2.13. The lowest BCUT2D eigenvalue weighted by molar-refractivity contribution is -0.135. The Balaban J connectivity index is 1.75. The van der Waals surface area contributed by atoms with Crippen LogP contribution in [-0.4, -0.2) is 48.5 Å². The number of nitrogens with zero attached hydrogens (tertiary/aromatic N) is 3. The number of nitriles is 1. The van der Waals surface area contributed by atoms with Gasteiger partial charge in [0.1, 0.15) is 11.9 Å². The molecule has 0 radical (unpaired) electrons. The second kappa shape index (κ2) is 6.16. The van der Waals surface area contributed by atoms with Gasteiger partial charge in [-0.3, -0.25) is 4.79 Å². The molecule has 19 heavy (non-hydrogen) atoms. The summed E-state index contributed by atoms with van der Waals surface area (Å²) >= 11 is 0. The Morgan fingerprint density at radius 3 is 2.95 bits per heavy atom. The van der Waals surface area contributed by atoms with Gasteiger partial charge >= 0.3 is 0 Å². The standard InChI is InChI=1S/C13H17N5O/c1-15-5-4-13(19)18-8-11(9-18)17-12-3-2-10(6-14)7-16-12/h2-3,7,11,15H,4-5,8-9H2,1H3,(H,16,17). The van der Waals surface area contributed by atoms with Crippen molar-refractivity contribution in [2.45, 2.75) is 12.5 Å². The van der Waals surface area contributed by atoms with Crippen LogP contribution in [0.1, 0.15) is 12.0 Å². The number of carbonyl (C=O) groups is 1. The first-order valence-corrected chi connectivity index (χ1v) is 6.28. The third kappa shape index (κ3) is 3.42. The topological polar surface area (TPSA) is 81.0 Å². The van der Waals surface area contributed by atoms with Crippen LogP contribution in [0.2, 0.25) is 0 Å². The van der Waals surface area contributed by atoms with Crippen LogP contribution < -0.4 is 10.6 Å². The van der Waals surface area contributed by atoms with Crippen LogP contribution in [0.5, 0.6) is 0 Å². The number of hydrogen-bond donors (Lipinski definition) is 2. The molecule has 0 aromatic carbocycles. The van der Waals surface area contributed by atoms with Gasteiger partial charge in [-0.15, -0.1) is 0 Å². The number of amides is 1. The van der Waals surface area contributed by atoms with Crippen LogP contribution in [0, 0.1) is 11.3 Å². The zero-order valence-corrected chi connectivity index (χ0v) is 10.9. The molecule has 1 aliphatic rings. The SMILES string of the molecule is CNCCC(=O)N1CC(Nc2ccc(C#N)cn2)C1. The van der Waals surface area contributed by atoms with Crippen molar-refractivity contribution >= 4 is 11.7 Å². The van der Waals surface area contributed by atoms with Gasteiger partial charge < -0.3 is 15.5 Å². The third-order valence-electron chi connectivity index (χ3n) is 3.07. The number of nitrogens with one attached hydrogen (secondary N) is 2. The highest BCUT2D eigenvalue weighted by molar-refractivity contribution is 5.77. The molecule has 0 atom stereocenters. The van der Waals surface area contributed by atoms with Crippen molar-refractivity contribution in [1.29, 1.82) is 5.26 Å². The van der Waals surface area contributed by atoms with E-state index in [2.05, 4.69) is 15.6 Å². The predicted molar refractivity (Wildman–Crippen MR) is 71.5 cm³/mol. The van der Waals surface area contributed by atoms with Crippen molar-refractivity contribution < 1.29 is 4.79 Å². The lowest BCUT2D eigenvalue weighted by atomic mass is 10.1. The fourth-order valence-electron chi connectivity index (χ4n) is 1.92. The minimum absolute atomic E-state index is 0.181. The zero-order valence-electron chi connectivity index (χ0n) is 10.9. The molecular formula is C13H17N5O. The fourth-order valence-corrected chi connectivity index (χ4v) is 1.92. The van der Waals surface area contributed by atoms with E-state index in [-0.39, 0.29) is 11.9 Å². The van der Waals surface area contributed by atoms with Crippen LogP contribution in [0.3, 0.4) is 0 Å². The molecule has 1 aromatic rings. The van der Waals surface area contributed by atoms with Crippen LogP contribution in [0.25, 0.3) is 0 Å². The van der Waals surface area contributed by atoms with E-state index >= 15 is 0 Å². The molecule has 6 nitrogen and oxygen atoms in total. The maximum Gasteiger partial charge on any atom is 0.223 e. The van der Waals surface area contributed by atoms with Crippen LogP contribution in [0.4, 0.5) is 5.82 Å². The number of aromatic nitrogens is 1. The van der Waals surface area contributed by atoms with Crippen molar-refractivity contribution in [1.82, 2.24) is 15.2 Å². The summed E-state index contributed by atoms with van der Waals surface area (Å²) in [5, 5.41) is 14.9. The van der Waals surface area contributed by atoms with E-state index in [9.17, 15) is 4.79 Å². The zero-order chi connectivity index (χ0) is 13.7. The van der Waals surface area contributed by atoms with Gasteiger partial charge in [-0.25, -0.2) is 4.98 Å². The Bertz CT molecular complexity index is 473. The van der Waals surface area contributed by atoms with E-state index in [4.69, 9.17) is 5.26 Å². The molecule has 2 N–H and O–H groups in total. The highest BCUT2D eigenvalue weighted by Crippen LogP contribution is 2.14. The summed E-state index contributed by atoms with van der Waals surface area (Å²) in [6.45, 7) is 2.14. The molecule has 0 bridgehead atoms. The first-order valence-electron chi connectivity index (χ1n) is 6.28. The van der Waals surface area contributed by atoms with Crippen LogP contribution in [0.15, 0.2) is 18.3 Å². The van der Waals surface area contributed by atoms with Crippen molar-refractivity contribution in [3.05, 3.63) is 23.9 Å². The number of anilines is 1. The minimum atomic E-state index is 0.181. The van der Waals surface area contributed by atoms with Crippen LogP contribution in [-0.2, 0) is 4.79 Å². The molecule has 1 fully saturated rings. The summed E-state index contributed by atoms with van der Waals surface area (Å²) in [7, 11) is 1.84. The quantitative estimate of drug-likeness (QED) is 0.788. The van der Waals surface area contributed by atoms with Gasteiger partial charge in [0.05, 0.1) is 11.6 Å². The minimum Gasteiger partial charge on any atom is -0.364 e. The molecule has 100 valence electrons. The van der Waals surface area contributed by atoms with Gasteiger partial charge in [0.2, 0.25) is 5.91 Å². The molecule has 0 aliphatic carbocycles. The highest BCUT2D eigenvalue weighted by atomic mass is 16.2. The first kappa shape index (κ1) is 13.3. The summed E-state index contributed by atoms with van der Waals surface area (Å²) in [6.07, 6.45) is 2.08. The highest BCUT2D eigenvalue weighted by Gasteiger charge is 2.30. The number of rotatable bonds is 5. The Labute approximate surface area is 112 Å². The van der Waals surface area contributed by atoms with Gasteiger partial charge in [-0.1, -0.05) is 0 Å². The van der Waals surface area contributed by atoms with Gasteiger partial charge in [-0.2, -0.15) is 5.26 Å². The van der Waals surface area contributed by atoms with E-state index in [0.29, 0.717) is 31.6 Å². The summed E-state index contributed by atoms with van der Waals surface area (Å²) in [5.41, 5.74) is 0.544. The molecule has 0 spiro atoms. The molecule has 0 saturated carbocycles. The predicted octanol–water partition coefficient (Wildman–Crippen LogP) is 0.185. The van der Waals surface area contributed by atoms with Crippen molar-refractivity contribution in [3.63, 3.8) is 0 Å². The van der Waals surface area contributed by atoms with E-state index in [1.807, 2.05) is 18.0 Å². The van der Waals surface area contributed by atoms with E-state index in [1.54, 1.807) is 12.1 Å². The Kier molecular flexibility index (Phi) is 4.31. The van der Waals surface area contributed by atoms with E-state index < -0.39 is 0 Å². The maximum absolute atomic E-state index is 11.7. The van der Waals surface area contributed by atoms with Gasteiger partial charge in [0.25, 0.3) is 0 Å². The second-order valence-electron chi connectivity index (χ2n) is 4.54. The maximum atomic E-state index is 11.7. The average molecular weight is 259 g/mol. The molecule has 0 unspecified atom stereocenters. The largest absolute Gasteiger partial charge is 0.364 e. The smallest absolute Gasteiger partial charge is 0.223 e. The second-order valence-corrected chi connectivity index (χ2v) is 4.54. The average Bonchev–Trinajstić information content (AvgIpc) is 2.40. The molecule has 1 aromatic heterocycles. The summed E-state index contributed by atoms with van der Waals surface area (Å²) in [4.78, 5) is 17.6. The lowest BCUT2D eigenvalue weighted by Crippen LogP contribution is -2.57.